The van der Waals surface area contributed by atoms with Crippen molar-refractivity contribution < 1.29 is 9.66 Å². The van der Waals surface area contributed by atoms with Crippen LogP contribution < -0.4 is 5.32 Å². The number of benzene rings is 1. The average Bonchev–Trinajstić information content (AvgIpc) is 2.38. The van der Waals surface area contributed by atoms with E-state index in [9.17, 15) is 10.1 Å². The summed E-state index contributed by atoms with van der Waals surface area (Å²) in [6.07, 6.45) is 1.95. The van der Waals surface area contributed by atoms with Crippen molar-refractivity contribution in [2.45, 2.75) is 12.8 Å². The molecule has 0 aliphatic carbocycles. The van der Waals surface area contributed by atoms with Gasteiger partial charge in [0.05, 0.1) is 9.95 Å². The largest absolute Gasteiger partial charge is 0.381 e. The molecule has 0 aromatic heterocycles. The summed E-state index contributed by atoms with van der Waals surface area (Å²) in [6, 6.07) is 4.69. The third kappa shape index (κ3) is 3.11. The molecule has 0 bridgehead atoms. The second kappa shape index (κ2) is 6.02. The predicted octanol–water partition coefficient (Wildman–Crippen LogP) is 3.09. The molecule has 1 N–H and O–H groups in total. The molecule has 1 fully saturated rings. The molecule has 0 spiro atoms. The fraction of sp³-hybridized carbons (Fsp3) is 0.500. The molecule has 6 heteroatoms. The molecule has 1 aliphatic rings. The van der Waals surface area contributed by atoms with E-state index in [0.29, 0.717) is 23.2 Å². The van der Waals surface area contributed by atoms with Crippen LogP contribution in [0.3, 0.4) is 0 Å². The van der Waals surface area contributed by atoms with Gasteiger partial charge >= 0.3 is 0 Å². The van der Waals surface area contributed by atoms with Crippen molar-refractivity contribution in [3.63, 3.8) is 0 Å². The lowest BCUT2D eigenvalue weighted by Gasteiger charge is -2.22. The number of hydrogen-bond donors (Lipinski definition) is 1. The zero-order chi connectivity index (χ0) is 13.0. The maximum atomic E-state index is 10.9. The lowest BCUT2D eigenvalue weighted by atomic mass is 10.0. The zero-order valence-electron chi connectivity index (χ0n) is 9.89. The van der Waals surface area contributed by atoms with Crippen molar-refractivity contribution in [1.29, 1.82) is 0 Å². The Morgan fingerprint density at radius 3 is 2.83 bits per heavy atom. The lowest BCUT2D eigenvalue weighted by molar-refractivity contribution is -0.383. The van der Waals surface area contributed by atoms with Crippen LogP contribution in [-0.2, 0) is 4.74 Å². The summed E-state index contributed by atoms with van der Waals surface area (Å²) < 4.78 is 5.28. The SMILES string of the molecule is O=[N+]([O-])c1cccc(Cl)c1NCC1CCOCC1. The second-order valence-electron chi connectivity index (χ2n) is 4.33. The van der Waals surface area contributed by atoms with Crippen LogP contribution in [0.15, 0.2) is 18.2 Å². The number of halogens is 1. The first-order chi connectivity index (χ1) is 8.68. The van der Waals surface area contributed by atoms with E-state index in [1.54, 1.807) is 12.1 Å². The minimum atomic E-state index is -0.418. The van der Waals surface area contributed by atoms with Crippen LogP contribution in [0.1, 0.15) is 12.8 Å². The fourth-order valence-corrected chi connectivity index (χ4v) is 2.27. The number of rotatable bonds is 4. The molecular formula is C12H15ClN2O3. The molecular weight excluding hydrogens is 256 g/mol. The van der Waals surface area contributed by atoms with Gasteiger partial charge in [-0.2, -0.15) is 0 Å². The Morgan fingerprint density at radius 1 is 1.44 bits per heavy atom. The van der Waals surface area contributed by atoms with Crippen LogP contribution in [-0.4, -0.2) is 24.7 Å². The number of para-hydroxylation sites is 1. The highest BCUT2D eigenvalue weighted by Crippen LogP contribution is 2.32. The van der Waals surface area contributed by atoms with Gasteiger partial charge in [-0.3, -0.25) is 10.1 Å². The molecule has 1 aromatic carbocycles. The quantitative estimate of drug-likeness (QED) is 0.674. The highest BCUT2D eigenvalue weighted by atomic mass is 35.5. The molecule has 5 nitrogen and oxygen atoms in total. The van der Waals surface area contributed by atoms with Crippen molar-refractivity contribution in [1.82, 2.24) is 0 Å². The van der Waals surface area contributed by atoms with Crippen LogP contribution in [0.4, 0.5) is 11.4 Å². The maximum Gasteiger partial charge on any atom is 0.293 e. The summed E-state index contributed by atoms with van der Waals surface area (Å²) >= 11 is 6.00. The van der Waals surface area contributed by atoms with Gasteiger partial charge in [-0.05, 0) is 24.8 Å². The van der Waals surface area contributed by atoms with Gasteiger partial charge in [-0.25, -0.2) is 0 Å². The first-order valence-corrected chi connectivity index (χ1v) is 6.31. The topological polar surface area (TPSA) is 64.4 Å². The molecule has 0 atom stereocenters. The van der Waals surface area contributed by atoms with Gasteiger partial charge in [0.1, 0.15) is 5.69 Å². The highest BCUT2D eigenvalue weighted by Gasteiger charge is 2.19. The number of nitrogens with one attached hydrogen (secondary N) is 1. The van der Waals surface area contributed by atoms with Crippen molar-refractivity contribution in [3.8, 4) is 0 Å². The molecule has 1 heterocycles. The number of nitrogens with zero attached hydrogens (tertiary/aromatic N) is 1. The van der Waals surface area contributed by atoms with E-state index in [1.807, 2.05) is 0 Å². The smallest absolute Gasteiger partial charge is 0.293 e. The van der Waals surface area contributed by atoms with E-state index in [0.717, 1.165) is 26.1 Å². The minimum absolute atomic E-state index is 0.0227. The third-order valence-corrected chi connectivity index (χ3v) is 3.41. The summed E-state index contributed by atoms with van der Waals surface area (Å²) in [5, 5.41) is 14.4. The Balaban J connectivity index is 2.05. The van der Waals surface area contributed by atoms with Gasteiger partial charge in [-0.15, -0.1) is 0 Å². The summed E-state index contributed by atoms with van der Waals surface area (Å²) in [5.41, 5.74) is 0.435. The van der Waals surface area contributed by atoms with E-state index in [-0.39, 0.29) is 5.69 Å². The second-order valence-corrected chi connectivity index (χ2v) is 4.73. The maximum absolute atomic E-state index is 10.9. The van der Waals surface area contributed by atoms with Crippen LogP contribution in [0, 0.1) is 16.0 Å². The Bertz CT molecular complexity index is 433. The average molecular weight is 271 g/mol. The molecule has 18 heavy (non-hydrogen) atoms. The molecule has 0 unspecified atom stereocenters. The monoisotopic (exact) mass is 270 g/mol. The Kier molecular flexibility index (Phi) is 4.38. The number of hydrogen-bond acceptors (Lipinski definition) is 4. The summed E-state index contributed by atoms with van der Waals surface area (Å²) in [4.78, 5) is 10.5. The van der Waals surface area contributed by atoms with E-state index >= 15 is 0 Å². The Labute approximate surface area is 110 Å². The van der Waals surface area contributed by atoms with E-state index in [2.05, 4.69) is 5.32 Å². The van der Waals surface area contributed by atoms with Gasteiger partial charge in [0.2, 0.25) is 0 Å². The molecule has 0 radical (unpaired) electrons. The number of ether oxygens (including phenoxy) is 1. The lowest BCUT2D eigenvalue weighted by Crippen LogP contribution is -2.23. The van der Waals surface area contributed by atoms with E-state index in [1.165, 1.54) is 6.07 Å². The summed E-state index contributed by atoms with van der Waals surface area (Å²) in [5.74, 6) is 0.481. The van der Waals surface area contributed by atoms with E-state index < -0.39 is 4.92 Å². The molecule has 1 saturated heterocycles. The molecule has 0 saturated carbocycles. The first-order valence-electron chi connectivity index (χ1n) is 5.93. The van der Waals surface area contributed by atoms with Crippen LogP contribution in [0.5, 0.6) is 0 Å². The van der Waals surface area contributed by atoms with E-state index in [4.69, 9.17) is 16.3 Å². The zero-order valence-corrected chi connectivity index (χ0v) is 10.7. The van der Waals surface area contributed by atoms with Gasteiger partial charge < -0.3 is 10.1 Å². The molecule has 1 aliphatic heterocycles. The minimum Gasteiger partial charge on any atom is -0.381 e. The predicted molar refractivity (Wildman–Crippen MR) is 70.1 cm³/mol. The Hall–Kier alpha value is -1.33. The Morgan fingerprint density at radius 2 is 2.17 bits per heavy atom. The number of anilines is 1. The van der Waals surface area contributed by atoms with Crippen LogP contribution in [0.25, 0.3) is 0 Å². The van der Waals surface area contributed by atoms with Gasteiger partial charge in [0, 0.05) is 25.8 Å². The summed E-state index contributed by atoms with van der Waals surface area (Å²) in [7, 11) is 0. The normalized spacial score (nSPS) is 16.5. The van der Waals surface area contributed by atoms with Gasteiger partial charge in [0.25, 0.3) is 5.69 Å². The van der Waals surface area contributed by atoms with Crippen molar-refractivity contribution in [2.75, 3.05) is 25.1 Å². The fourth-order valence-electron chi connectivity index (χ4n) is 2.04. The van der Waals surface area contributed by atoms with Crippen molar-refractivity contribution in [3.05, 3.63) is 33.3 Å². The van der Waals surface area contributed by atoms with Gasteiger partial charge in [0.15, 0.2) is 0 Å². The van der Waals surface area contributed by atoms with Crippen LogP contribution >= 0.6 is 11.6 Å². The van der Waals surface area contributed by atoms with Gasteiger partial charge in [-0.1, -0.05) is 17.7 Å². The standard InChI is InChI=1S/C12H15ClN2O3/c13-10-2-1-3-11(15(16)17)12(10)14-8-9-4-6-18-7-5-9/h1-3,9,14H,4-8H2. The molecule has 0 amide bonds. The molecule has 2 rings (SSSR count). The molecule has 1 aromatic rings. The van der Waals surface area contributed by atoms with Crippen molar-refractivity contribution >= 4 is 23.0 Å². The third-order valence-electron chi connectivity index (χ3n) is 3.10. The first kappa shape index (κ1) is 13.1. The number of nitro benzene ring substituents is 1. The molecule has 98 valence electrons. The van der Waals surface area contributed by atoms with Crippen molar-refractivity contribution in [2.24, 2.45) is 5.92 Å². The highest BCUT2D eigenvalue weighted by molar-refractivity contribution is 6.33. The number of nitro groups is 1. The van der Waals surface area contributed by atoms with Crippen LogP contribution in [0.2, 0.25) is 5.02 Å². The summed E-state index contributed by atoms with van der Waals surface area (Å²) in [6.45, 7) is 2.21.